The van der Waals surface area contributed by atoms with E-state index in [0.717, 1.165) is 12.8 Å². The Morgan fingerprint density at radius 1 is 1.14 bits per heavy atom. The molecule has 8 heteroatoms. The number of nitrogens with zero attached hydrogens (tertiary/aromatic N) is 1. The predicted molar refractivity (Wildman–Crippen MR) is 87.9 cm³/mol. The smallest absolute Gasteiger partial charge is 0.500 e. The molecule has 0 aromatic carbocycles. The summed E-state index contributed by atoms with van der Waals surface area (Å²) in [5.74, 6) is 0. The lowest BCUT2D eigenvalue weighted by Gasteiger charge is -2.28. The van der Waals surface area contributed by atoms with Crippen molar-refractivity contribution in [2.24, 2.45) is 0 Å². The molecule has 0 rings (SSSR count). The molecule has 0 fully saturated rings. The Morgan fingerprint density at radius 3 is 2.14 bits per heavy atom. The van der Waals surface area contributed by atoms with Crippen molar-refractivity contribution in [3.63, 3.8) is 0 Å². The van der Waals surface area contributed by atoms with Crippen molar-refractivity contribution in [2.75, 3.05) is 34.4 Å². The quantitative estimate of drug-likeness (QED) is 0.574. The first-order valence-electron chi connectivity index (χ1n) is 7.38. The molecule has 0 radical (unpaired) electrons. The Kier molecular flexibility index (Phi) is 9.38. The molecule has 0 saturated carbocycles. The van der Waals surface area contributed by atoms with Crippen molar-refractivity contribution in [1.82, 2.24) is 4.90 Å². The third-order valence-electron chi connectivity index (χ3n) is 2.83. The summed E-state index contributed by atoms with van der Waals surface area (Å²) in [7, 11) is 0.558. The first-order chi connectivity index (χ1) is 9.69. The van der Waals surface area contributed by atoms with Gasteiger partial charge in [0.05, 0.1) is 0 Å². The minimum absolute atomic E-state index is 0.259. The van der Waals surface area contributed by atoms with Gasteiger partial charge in [0.2, 0.25) is 8.32 Å². The van der Waals surface area contributed by atoms with Crippen LogP contribution in [0.4, 0.5) is 4.79 Å². The molecule has 0 spiro atoms. The Hall–Kier alpha value is -0.416. The Labute approximate surface area is 131 Å². The summed E-state index contributed by atoms with van der Waals surface area (Å²) in [6, 6.07) is 0.685. The molecule has 0 aromatic heterocycles. The fraction of sp³-hybridized carbons (Fsp3) is 0.923. The zero-order valence-corrected chi connectivity index (χ0v) is 16.5. The van der Waals surface area contributed by atoms with E-state index in [0.29, 0.717) is 19.2 Å². The van der Waals surface area contributed by atoms with Crippen LogP contribution in [0.5, 0.6) is 0 Å². The van der Waals surface area contributed by atoms with E-state index in [9.17, 15) is 4.79 Å². The molecule has 0 unspecified atom stereocenters. The number of hydrogen-bond donors (Lipinski definition) is 0. The average molecular weight is 338 g/mol. The van der Waals surface area contributed by atoms with Crippen LogP contribution in [0.1, 0.15) is 19.8 Å². The maximum Gasteiger partial charge on any atom is 0.500 e. The molecule has 0 aromatic rings. The lowest BCUT2D eigenvalue weighted by molar-refractivity contribution is 0.0965. The highest BCUT2D eigenvalue weighted by Crippen LogP contribution is 2.17. The highest BCUT2D eigenvalue weighted by Gasteiger charge is 2.38. The van der Waals surface area contributed by atoms with Crippen LogP contribution >= 0.6 is 0 Å². The van der Waals surface area contributed by atoms with Crippen LogP contribution in [0.15, 0.2) is 0 Å². The number of rotatable bonds is 10. The molecule has 0 N–H and O–H groups in total. The first kappa shape index (κ1) is 20.6. The molecule has 0 bridgehead atoms. The minimum atomic E-state index is -2.58. The van der Waals surface area contributed by atoms with E-state index >= 15 is 0 Å². The van der Waals surface area contributed by atoms with E-state index in [1.807, 2.05) is 26.6 Å². The van der Waals surface area contributed by atoms with Crippen molar-refractivity contribution in [3.05, 3.63) is 0 Å². The Balaban J connectivity index is 4.28. The van der Waals surface area contributed by atoms with Gasteiger partial charge in [0, 0.05) is 40.5 Å². The summed E-state index contributed by atoms with van der Waals surface area (Å²) in [5.41, 5.74) is 0. The fourth-order valence-corrected chi connectivity index (χ4v) is 4.44. The molecule has 0 aliphatic carbocycles. The lowest BCUT2D eigenvalue weighted by atomic mass is 10.4. The van der Waals surface area contributed by atoms with Gasteiger partial charge in [-0.3, -0.25) is 0 Å². The van der Waals surface area contributed by atoms with Gasteiger partial charge in [0.15, 0.2) is 0 Å². The van der Waals surface area contributed by atoms with E-state index in [4.69, 9.17) is 17.7 Å². The molecule has 0 aliphatic heterocycles. The molecule has 0 saturated heterocycles. The summed E-state index contributed by atoms with van der Waals surface area (Å²) in [4.78, 5) is 13.5. The molecule has 126 valence electrons. The van der Waals surface area contributed by atoms with Crippen LogP contribution in [0.25, 0.3) is 0 Å². The molecule has 1 amide bonds. The van der Waals surface area contributed by atoms with E-state index in [2.05, 4.69) is 0 Å². The van der Waals surface area contributed by atoms with Crippen molar-refractivity contribution < 1.29 is 22.5 Å². The molecular formula is C13H31NO5Si2. The van der Waals surface area contributed by atoms with Crippen molar-refractivity contribution in [1.29, 1.82) is 0 Å². The SMILES string of the molecule is CCCO[Si](CCCN(C)C(=O)O[Si](C)(C)C)(OC)OC. The van der Waals surface area contributed by atoms with Gasteiger partial charge in [-0.25, -0.2) is 4.79 Å². The summed E-state index contributed by atoms with van der Waals surface area (Å²) >= 11 is 0. The zero-order valence-electron chi connectivity index (χ0n) is 14.5. The zero-order chi connectivity index (χ0) is 16.5. The minimum Gasteiger partial charge on any atom is -0.504 e. The predicted octanol–water partition coefficient (Wildman–Crippen LogP) is 2.94. The molecular weight excluding hydrogens is 306 g/mol. The van der Waals surface area contributed by atoms with E-state index in [-0.39, 0.29) is 6.09 Å². The van der Waals surface area contributed by atoms with E-state index < -0.39 is 17.1 Å². The second-order valence-corrected chi connectivity index (χ2v) is 13.3. The monoisotopic (exact) mass is 337 g/mol. The average Bonchev–Trinajstić information content (AvgIpc) is 2.41. The van der Waals surface area contributed by atoms with Crippen LogP contribution in [0, 0.1) is 0 Å². The maximum atomic E-state index is 11.9. The third-order valence-corrected chi connectivity index (χ3v) is 6.47. The number of amides is 1. The Bertz CT molecular complexity index is 305. The van der Waals surface area contributed by atoms with Gasteiger partial charge in [0.1, 0.15) is 0 Å². The highest BCUT2D eigenvalue weighted by atomic mass is 28.4. The molecule has 0 atom stereocenters. The molecule has 0 heterocycles. The van der Waals surface area contributed by atoms with Crippen LogP contribution in [0.3, 0.4) is 0 Å². The fourth-order valence-electron chi connectivity index (χ4n) is 1.70. The number of hydrogen-bond acceptors (Lipinski definition) is 5. The van der Waals surface area contributed by atoms with Crippen molar-refractivity contribution in [3.8, 4) is 0 Å². The largest absolute Gasteiger partial charge is 0.504 e. The molecule has 0 aliphatic rings. The first-order valence-corrected chi connectivity index (χ1v) is 12.7. The number of carbonyl (C=O) groups excluding carboxylic acids is 1. The summed E-state index contributed by atoms with van der Waals surface area (Å²) in [6.45, 7) is 9.24. The standard InChI is InChI=1S/C13H31NO5Si2/c1-8-11-18-21(16-3,17-4)12-9-10-14(2)13(15)19-20(5,6)7/h8-12H2,1-7H3. The van der Waals surface area contributed by atoms with Crippen molar-refractivity contribution >= 4 is 23.2 Å². The second kappa shape index (κ2) is 9.57. The molecule has 6 nitrogen and oxygen atoms in total. The van der Waals surface area contributed by atoms with Gasteiger partial charge in [-0.1, -0.05) is 6.92 Å². The normalized spacial score (nSPS) is 12.3. The van der Waals surface area contributed by atoms with Crippen LogP contribution in [-0.2, 0) is 17.7 Å². The van der Waals surface area contributed by atoms with Gasteiger partial charge < -0.3 is 22.6 Å². The molecule has 21 heavy (non-hydrogen) atoms. The second-order valence-electron chi connectivity index (χ2n) is 5.95. The van der Waals surface area contributed by atoms with Gasteiger partial charge in [-0.05, 0) is 32.5 Å². The van der Waals surface area contributed by atoms with Gasteiger partial charge >= 0.3 is 14.9 Å². The third kappa shape index (κ3) is 8.57. The van der Waals surface area contributed by atoms with Crippen molar-refractivity contribution in [2.45, 2.75) is 45.5 Å². The topological polar surface area (TPSA) is 57.2 Å². The highest BCUT2D eigenvalue weighted by molar-refractivity contribution is 6.71. The van der Waals surface area contributed by atoms with Crippen LogP contribution in [0.2, 0.25) is 25.7 Å². The summed E-state index contributed by atoms with van der Waals surface area (Å²) in [6.07, 6.45) is 1.42. The Morgan fingerprint density at radius 2 is 1.71 bits per heavy atom. The van der Waals surface area contributed by atoms with Gasteiger partial charge in [-0.15, -0.1) is 0 Å². The van der Waals surface area contributed by atoms with E-state index in [1.54, 1.807) is 26.2 Å². The van der Waals surface area contributed by atoms with Gasteiger partial charge in [0.25, 0.3) is 0 Å². The summed E-state index contributed by atoms with van der Waals surface area (Å²) < 4.78 is 22.2. The maximum absolute atomic E-state index is 11.9. The van der Waals surface area contributed by atoms with Gasteiger partial charge in [-0.2, -0.15) is 0 Å². The van der Waals surface area contributed by atoms with E-state index in [1.165, 1.54) is 0 Å². The van der Waals surface area contributed by atoms with Crippen LogP contribution in [-0.4, -0.2) is 62.5 Å². The summed E-state index contributed by atoms with van der Waals surface area (Å²) in [5, 5.41) is 0. The number of carbonyl (C=O) groups is 1. The lowest BCUT2D eigenvalue weighted by Crippen LogP contribution is -2.45. The van der Waals surface area contributed by atoms with Crippen LogP contribution < -0.4 is 0 Å².